The zero-order chi connectivity index (χ0) is 11.7. The molecule has 0 bridgehead atoms. The van der Waals surface area contributed by atoms with Crippen LogP contribution < -0.4 is 10.6 Å². The first-order valence-electron chi connectivity index (χ1n) is 4.81. The summed E-state index contributed by atoms with van der Waals surface area (Å²) >= 11 is 0. The Morgan fingerprint density at radius 2 is 2.20 bits per heavy atom. The average Bonchev–Trinajstić information content (AvgIpc) is 2.22. The SMILES string of the molecule is COCCNCC(=O)NCC(C)(O)CO. The number of ether oxygens (including phenoxy) is 1. The summed E-state index contributed by atoms with van der Waals surface area (Å²) in [5.74, 6) is -0.222. The molecular weight excluding hydrogens is 200 g/mol. The molecule has 6 heteroatoms. The van der Waals surface area contributed by atoms with Gasteiger partial charge in [0.05, 0.1) is 19.8 Å². The number of carbonyl (C=O) groups excluding carboxylic acids is 1. The molecule has 15 heavy (non-hydrogen) atoms. The van der Waals surface area contributed by atoms with E-state index >= 15 is 0 Å². The maximum absolute atomic E-state index is 11.2. The standard InChI is InChI=1S/C9H20N2O4/c1-9(14,7-12)6-11-8(13)5-10-3-4-15-2/h10,12,14H,3-7H2,1-2H3,(H,11,13). The van der Waals surface area contributed by atoms with Gasteiger partial charge in [-0.1, -0.05) is 0 Å². The number of hydrogen-bond donors (Lipinski definition) is 4. The third-order valence-corrected chi connectivity index (χ3v) is 1.78. The second-order valence-corrected chi connectivity index (χ2v) is 3.60. The molecular formula is C9H20N2O4. The van der Waals surface area contributed by atoms with Crippen molar-refractivity contribution in [3.8, 4) is 0 Å². The van der Waals surface area contributed by atoms with E-state index in [1.807, 2.05) is 0 Å². The van der Waals surface area contributed by atoms with Crippen molar-refractivity contribution in [1.82, 2.24) is 10.6 Å². The van der Waals surface area contributed by atoms with Crippen LogP contribution in [-0.4, -0.2) is 61.7 Å². The van der Waals surface area contributed by atoms with Crippen LogP contribution in [0.15, 0.2) is 0 Å². The second-order valence-electron chi connectivity index (χ2n) is 3.60. The van der Waals surface area contributed by atoms with Crippen molar-refractivity contribution in [2.75, 3.05) is 40.0 Å². The predicted molar refractivity (Wildman–Crippen MR) is 55.5 cm³/mol. The van der Waals surface area contributed by atoms with Crippen LogP contribution in [-0.2, 0) is 9.53 Å². The highest BCUT2D eigenvalue weighted by molar-refractivity contribution is 5.78. The van der Waals surface area contributed by atoms with Crippen molar-refractivity contribution in [1.29, 1.82) is 0 Å². The minimum absolute atomic E-state index is 0.0360. The molecule has 1 amide bonds. The number of rotatable bonds is 8. The molecule has 4 N–H and O–H groups in total. The molecule has 0 heterocycles. The first kappa shape index (κ1) is 14.3. The van der Waals surface area contributed by atoms with Gasteiger partial charge in [0, 0.05) is 20.2 Å². The van der Waals surface area contributed by atoms with E-state index in [0.717, 1.165) is 0 Å². The lowest BCUT2D eigenvalue weighted by atomic mass is 10.1. The van der Waals surface area contributed by atoms with Gasteiger partial charge in [-0.15, -0.1) is 0 Å². The van der Waals surface area contributed by atoms with Gasteiger partial charge >= 0.3 is 0 Å². The van der Waals surface area contributed by atoms with Crippen molar-refractivity contribution >= 4 is 5.91 Å². The molecule has 6 nitrogen and oxygen atoms in total. The summed E-state index contributed by atoms with van der Waals surface area (Å²) in [6, 6.07) is 0. The van der Waals surface area contributed by atoms with E-state index < -0.39 is 5.60 Å². The minimum Gasteiger partial charge on any atom is -0.393 e. The molecule has 1 unspecified atom stereocenters. The predicted octanol–water partition coefficient (Wildman–Crippen LogP) is -1.92. The highest BCUT2D eigenvalue weighted by atomic mass is 16.5. The molecule has 0 aromatic carbocycles. The molecule has 0 fully saturated rings. The number of amides is 1. The Balaban J connectivity index is 3.49. The molecule has 0 radical (unpaired) electrons. The van der Waals surface area contributed by atoms with E-state index in [9.17, 15) is 9.90 Å². The van der Waals surface area contributed by atoms with E-state index in [4.69, 9.17) is 9.84 Å². The lowest BCUT2D eigenvalue weighted by molar-refractivity contribution is -0.121. The van der Waals surface area contributed by atoms with Gasteiger partial charge in [-0.3, -0.25) is 4.79 Å². The van der Waals surface area contributed by atoms with Gasteiger partial charge in [-0.05, 0) is 6.92 Å². The summed E-state index contributed by atoms with van der Waals surface area (Å²) < 4.78 is 4.79. The Bertz CT molecular complexity index is 185. The van der Waals surface area contributed by atoms with Crippen LogP contribution >= 0.6 is 0 Å². The summed E-state index contributed by atoms with van der Waals surface area (Å²) in [5.41, 5.74) is -1.26. The molecule has 0 aliphatic heterocycles. The molecule has 0 aromatic rings. The zero-order valence-corrected chi connectivity index (χ0v) is 9.25. The van der Waals surface area contributed by atoms with E-state index in [1.165, 1.54) is 6.92 Å². The Morgan fingerprint density at radius 1 is 1.53 bits per heavy atom. The third-order valence-electron chi connectivity index (χ3n) is 1.78. The molecule has 1 atom stereocenters. The molecule has 0 aliphatic carbocycles. The Kier molecular flexibility index (Phi) is 7.23. The Labute approximate surface area is 89.6 Å². The second kappa shape index (κ2) is 7.58. The van der Waals surface area contributed by atoms with Crippen LogP contribution in [0.2, 0.25) is 0 Å². The number of methoxy groups -OCH3 is 1. The van der Waals surface area contributed by atoms with Gasteiger partial charge in [0.1, 0.15) is 5.60 Å². The molecule has 0 saturated heterocycles. The minimum atomic E-state index is -1.26. The van der Waals surface area contributed by atoms with Gasteiger partial charge in [0.2, 0.25) is 5.91 Å². The number of nitrogens with one attached hydrogen (secondary N) is 2. The average molecular weight is 220 g/mol. The first-order valence-corrected chi connectivity index (χ1v) is 4.81. The van der Waals surface area contributed by atoms with Crippen LogP contribution in [0.1, 0.15) is 6.92 Å². The van der Waals surface area contributed by atoms with Crippen molar-refractivity contribution in [3.05, 3.63) is 0 Å². The lowest BCUT2D eigenvalue weighted by Gasteiger charge is -2.20. The van der Waals surface area contributed by atoms with Gasteiger partial charge in [-0.2, -0.15) is 0 Å². The van der Waals surface area contributed by atoms with Gasteiger partial charge in [0.25, 0.3) is 0 Å². The molecule has 0 aliphatic rings. The lowest BCUT2D eigenvalue weighted by Crippen LogP contribution is -2.45. The monoisotopic (exact) mass is 220 g/mol. The zero-order valence-electron chi connectivity index (χ0n) is 9.25. The molecule has 0 rings (SSSR count). The fourth-order valence-corrected chi connectivity index (χ4v) is 0.784. The Morgan fingerprint density at radius 3 is 2.73 bits per heavy atom. The number of aliphatic hydroxyl groups is 2. The molecule has 90 valence electrons. The fourth-order valence-electron chi connectivity index (χ4n) is 0.784. The van der Waals surface area contributed by atoms with Gasteiger partial charge in [-0.25, -0.2) is 0 Å². The fraction of sp³-hybridized carbons (Fsp3) is 0.889. The van der Waals surface area contributed by atoms with Crippen LogP contribution in [0, 0.1) is 0 Å². The van der Waals surface area contributed by atoms with E-state index in [0.29, 0.717) is 13.2 Å². The van der Waals surface area contributed by atoms with Crippen LogP contribution in [0.4, 0.5) is 0 Å². The third kappa shape index (κ3) is 8.31. The maximum atomic E-state index is 11.2. The van der Waals surface area contributed by atoms with Crippen LogP contribution in [0.3, 0.4) is 0 Å². The molecule has 0 aromatic heterocycles. The molecule has 0 saturated carbocycles. The van der Waals surface area contributed by atoms with Gasteiger partial charge < -0.3 is 25.6 Å². The number of carbonyl (C=O) groups is 1. The summed E-state index contributed by atoms with van der Waals surface area (Å²) in [6.07, 6.45) is 0. The summed E-state index contributed by atoms with van der Waals surface area (Å²) in [4.78, 5) is 11.2. The smallest absolute Gasteiger partial charge is 0.234 e. The summed E-state index contributed by atoms with van der Waals surface area (Å²) in [5, 5.41) is 23.5. The van der Waals surface area contributed by atoms with Crippen molar-refractivity contribution in [3.63, 3.8) is 0 Å². The quantitative estimate of drug-likeness (QED) is 0.358. The topological polar surface area (TPSA) is 90.8 Å². The van der Waals surface area contributed by atoms with Crippen molar-refractivity contribution in [2.45, 2.75) is 12.5 Å². The highest BCUT2D eigenvalue weighted by Gasteiger charge is 2.19. The van der Waals surface area contributed by atoms with E-state index in [1.54, 1.807) is 7.11 Å². The summed E-state index contributed by atoms with van der Waals surface area (Å²) in [7, 11) is 1.58. The number of aliphatic hydroxyl groups excluding tert-OH is 1. The highest BCUT2D eigenvalue weighted by Crippen LogP contribution is 1.97. The van der Waals surface area contributed by atoms with Crippen molar-refractivity contribution in [2.24, 2.45) is 0 Å². The number of hydrogen-bond acceptors (Lipinski definition) is 5. The largest absolute Gasteiger partial charge is 0.393 e. The van der Waals surface area contributed by atoms with Crippen LogP contribution in [0.5, 0.6) is 0 Å². The van der Waals surface area contributed by atoms with Crippen molar-refractivity contribution < 1.29 is 19.7 Å². The summed E-state index contributed by atoms with van der Waals surface area (Å²) in [6.45, 7) is 2.41. The Hall–Kier alpha value is -0.690. The van der Waals surface area contributed by atoms with E-state index in [-0.39, 0.29) is 25.6 Å². The first-order chi connectivity index (χ1) is 7.02. The maximum Gasteiger partial charge on any atom is 0.234 e. The molecule has 0 spiro atoms. The normalized spacial score (nSPS) is 14.7. The van der Waals surface area contributed by atoms with E-state index in [2.05, 4.69) is 10.6 Å². The van der Waals surface area contributed by atoms with Crippen LogP contribution in [0.25, 0.3) is 0 Å². The van der Waals surface area contributed by atoms with Gasteiger partial charge in [0.15, 0.2) is 0 Å².